The summed E-state index contributed by atoms with van der Waals surface area (Å²) in [6, 6.07) is 16.3. The second-order valence-electron chi connectivity index (χ2n) is 11.7. The van der Waals surface area contributed by atoms with Crippen LogP contribution in [0.5, 0.6) is 5.88 Å². The standard InChI is InChI=1S/C33H37ClFN5O3/c1-21(2)33(41)36-25-8-9-30-29(17-25)37-31(40(30)18-26-12-15-42-26)19-39-13-10-22(11-14-39)28-4-3-5-32(38-28)43-20-23-6-7-24(34)16-27(23)35/h3-9,16-17,21-22,26H,10-15,18-20H2,1-2H3,(H,36,41). The van der Waals surface area contributed by atoms with Crippen molar-refractivity contribution >= 4 is 34.2 Å². The third kappa shape index (κ3) is 7.00. The number of carbonyl (C=O) groups is 1. The molecule has 2 fully saturated rings. The summed E-state index contributed by atoms with van der Waals surface area (Å²) in [5.74, 6) is 1.34. The highest BCUT2D eigenvalue weighted by Crippen LogP contribution is 2.30. The number of anilines is 1. The Morgan fingerprint density at radius 2 is 1.93 bits per heavy atom. The van der Waals surface area contributed by atoms with Crippen LogP contribution in [0.15, 0.2) is 54.6 Å². The molecule has 10 heteroatoms. The number of aromatic nitrogens is 3. The van der Waals surface area contributed by atoms with Crippen molar-refractivity contribution in [2.45, 2.75) is 64.8 Å². The fraction of sp³-hybridized carbons (Fsp3) is 0.424. The van der Waals surface area contributed by atoms with Gasteiger partial charge in [-0.3, -0.25) is 9.69 Å². The van der Waals surface area contributed by atoms with Crippen LogP contribution < -0.4 is 10.1 Å². The first-order chi connectivity index (χ1) is 20.8. The molecule has 0 bridgehead atoms. The van der Waals surface area contributed by atoms with E-state index in [4.69, 9.17) is 31.0 Å². The molecule has 226 valence electrons. The van der Waals surface area contributed by atoms with Gasteiger partial charge in [-0.1, -0.05) is 37.6 Å². The molecule has 0 aliphatic carbocycles. The fourth-order valence-corrected chi connectivity index (χ4v) is 5.78. The average molecular weight is 606 g/mol. The molecule has 2 aromatic heterocycles. The van der Waals surface area contributed by atoms with Crippen LogP contribution >= 0.6 is 11.6 Å². The lowest BCUT2D eigenvalue weighted by molar-refractivity contribution is -0.118. The van der Waals surface area contributed by atoms with E-state index in [0.29, 0.717) is 22.4 Å². The lowest BCUT2D eigenvalue weighted by Crippen LogP contribution is -2.35. The zero-order valence-corrected chi connectivity index (χ0v) is 25.3. The Kier molecular flexibility index (Phi) is 8.93. The van der Waals surface area contributed by atoms with Crippen molar-refractivity contribution < 1.29 is 18.7 Å². The zero-order valence-electron chi connectivity index (χ0n) is 24.6. The number of hydrogen-bond donors (Lipinski definition) is 1. The average Bonchev–Trinajstić information content (AvgIpc) is 3.30. The highest BCUT2D eigenvalue weighted by molar-refractivity contribution is 6.30. The molecule has 2 aliphatic rings. The van der Waals surface area contributed by atoms with Gasteiger partial charge in [0, 0.05) is 46.5 Å². The molecule has 1 atom stereocenters. The normalized spacial score (nSPS) is 17.7. The minimum atomic E-state index is -0.386. The molecule has 2 aliphatic heterocycles. The molecule has 4 heterocycles. The molecule has 0 saturated carbocycles. The number of nitrogens with zero attached hydrogens (tertiary/aromatic N) is 4. The van der Waals surface area contributed by atoms with Crippen LogP contribution in [0, 0.1) is 11.7 Å². The van der Waals surface area contributed by atoms with Gasteiger partial charge in [0.05, 0.1) is 30.2 Å². The van der Waals surface area contributed by atoms with E-state index in [2.05, 4.69) is 20.9 Å². The second-order valence-corrected chi connectivity index (χ2v) is 12.2. The smallest absolute Gasteiger partial charge is 0.226 e. The van der Waals surface area contributed by atoms with Gasteiger partial charge < -0.3 is 19.4 Å². The number of ether oxygens (including phenoxy) is 2. The molecular weight excluding hydrogens is 569 g/mol. The minimum absolute atomic E-state index is 0.00760. The van der Waals surface area contributed by atoms with Crippen molar-refractivity contribution in [3.05, 3.63) is 82.5 Å². The maximum atomic E-state index is 14.2. The quantitative estimate of drug-likeness (QED) is 0.220. The SMILES string of the molecule is CC(C)C(=O)Nc1ccc2c(c1)nc(CN1CCC(c3cccc(OCc4ccc(Cl)cc4F)n3)CC1)n2CC1CCO1. The first kappa shape index (κ1) is 29.5. The number of nitrogens with one attached hydrogen (secondary N) is 1. The summed E-state index contributed by atoms with van der Waals surface area (Å²) >= 11 is 5.86. The van der Waals surface area contributed by atoms with Crippen LogP contribution in [0.2, 0.25) is 5.02 Å². The number of carbonyl (C=O) groups excluding carboxylic acids is 1. The lowest BCUT2D eigenvalue weighted by Gasteiger charge is -2.32. The van der Waals surface area contributed by atoms with Gasteiger partial charge >= 0.3 is 0 Å². The van der Waals surface area contributed by atoms with E-state index < -0.39 is 0 Å². The van der Waals surface area contributed by atoms with E-state index >= 15 is 0 Å². The van der Waals surface area contributed by atoms with Crippen LogP contribution in [0.25, 0.3) is 11.0 Å². The molecule has 2 aromatic carbocycles. The molecule has 1 N–H and O–H groups in total. The minimum Gasteiger partial charge on any atom is -0.473 e. The Hall–Kier alpha value is -3.53. The van der Waals surface area contributed by atoms with E-state index in [9.17, 15) is 9.18 Å². The van der Waals surface area contributed by atoms with Gasteiger partial charge in [0.25, 0.3) is 0 Å². The number of fused-ring (bicyclic) bond motifs is 1. The summed E-state index contributed by atoms with van der Waals surface area (Å²) in [7, 11) is 0. The van der Waals surface area contributed by atoms with Crippen LogP contribution in [0.1, 0.15) is 56.1 Å². The Morgan fingerprint density at radius 3 is 2.65 bits per heavy atom. The van der Waals surface area contributed by atoms with Gasteiger partial charge in [-0.2, -0.15) is 0 Å². The van der Waals surface area contributed by atoms with Crippen molar-refractivity contribution in [1.82, 2.24) is 19.4 Å². The van der Waals surface area contributed by atoms with Gasteiger partial charge in [0.2, 0.25) is 11.8 Å². The fourth-order valence-electron chi connectivity index (χ4n) is 5.62. The van der Waals surface area contributed by atoms with Crippen LogP contribution in [0.4, 0.5) is 10.1 Å². The van der Waals surface area contributed by atoms with E-state index in [1.807, 2.05) is 44.2 Å². The molecule has 2 saturated heterocycles. The van der Waals surface area contributed by atoms with Gasteiger partial charge in [0.1, 0.15) is 18.2 Å². The Bertz CT molecular complexity index is 1600. The number of rotatable bonds is 10. The summed E-state index contributed by atoms with van der Waals surface area (Å²) in [6.45, 7) is 8.03. The number of hydrogen-bond acceptors (Lipinski definition) is 6. The van der Waals surface area contributed by atoms with Crippen LogP contribution in [-0.4, -0.2) is 51.1 Å². The first-order valence-electron chi connectivity index (χ1n) is 15.0. The number of pyridine rings is 1. The summed E-state index contributed by atoms with van der Waals surface area (Å²) in [6.07, 6.45) is 3.20. The Morgan fingerprint density at radius 1 is 1.12 bits per heavy atom. The zero-order chi connectivity index (χ0) is 29.9. The summed E-state index contributed by atoms with van der Waals surface area (Å²) in [5, 5.41) is 3.35. The van der Waals surface area contributed by atoms with Gasteiger partial charge in [-0.15, -0.1) is 0 Å². The summed E-state index contributed by atoms with van der Waals surface area (Å²) < 4.78 is 28.0. The molecule has 6 rings (SSSR count). The van der Waals surface area contributed by atoms with E-state index in [-0.39, 0.29) is 30.4 Å². The molecular formula is C33H37ClFN5O3. The summed E-state index contributed by atoms with van der Waals surface area (Å²) in [5.41, 5.74) is 4.14. The number of imidazole rings is 1. The second kappa shape index (κ2) is 13.0. The molecule has 0 radical (unpaired) electrons. The van der Waals surface area contributed by atoms with Crippen LogP contribution in [-0.2, 0) is 29.2 Å². The topological polar surface area (TPSA) is 81.5 Å². The van der Waals surface area contributed by atoms with Crippen molar-refractivity contribution in [1.29, 1.82) is 0 Å². The predicted octanol–water partition coefficient (Wildman–Crippen LogP) is 6.57. The number of piperidine rings is 1. The third-order valence-electron chi connectivity index (χ3n) is 8.31. The van der Waals surface area contributed by atoms with Crippen LogP contribution in [0.3, 0.4) is 0 Å². The molecule has 43 heavy (non-hydrogen) atoms. The summed E-state index contributed by atoms with van der Waals surface area (Å²) in [4.78, 5) is 24.5. The van der Waals surface area contributed by atoms with Gasteiger partial charge in [-0.05, 0) is 68.8 Å². The maximum Gasteiger partial charge on any atom is 0.226 e. The molecule has 1 unspecified atom stereocenters. The van der Waals surface area contributed by atoms with Gasteiger partial charge in [0.15, 0.2) is 0 Å². The largest absolute Gasteiger partial charge is 0.473 e. The maximum absolute atomic E-state index is 14.2. The van der Waals surface area contributed by atoms with E-state index in [1.54, 1.807) is 12.1 Å². The van der Waals surface area contributed by atoms with Crippen molar-refractivity contribution in [2.24, 2.45) is 5.92 Å². The van der Waals surface area contributed by atoms with Crippen molar-refractivity contribution in [2.75, 3.05) is 25.0 Å². The number of halogens is 2. The molecule has 0 spiro atoms. The van der Waals surface area contributed by atoms with Crippen molar-refractivity contribution in [3.63, 3.8) is 0 Å². The highest BCUT2D eigenvalue weighted by atomic mass is 35.5. The molecule has 1 amide bonds. The lowest BCUT2D eigenvalue weighted by atomic mass is 9.93. The Labute approximate surface area is 256 Å². The van der Waals surface area contributed by atoms with Gasteiger partial charge in [-0.25, -0.2) is 14.4 Å². The highest BCUT2D eigenvalue weighted by Gasteiger charge is 2.26. The number of likely N-dealkylation sites (tertiary alicyclic amines) is 1. The predicted molar refractivity (Wildman–Crippen MR) is 165 cm³/mol. The van der Waals surface area contributed by atoms with E-state index in [0.717, 1.165) is 80.3 Å². The Balaban J connectivity index is 1.10. The molecule has 8 nitrogen and oxygen atoms in total. The monoisotopic (exact) mass is 605 g/mol. The molecule has 4 aromatic rings. The number of amides is 1. The number of benzene rings is 2. The first-order valence-corrected chi connectivity index (χ1v) is 15.4. The third-order valence-corrected chi connectivity index (χ3v) is 8.54. The van der Waals surface area contributed by atoms with E-state index in [1.165, 1.54) is 6.07 Å². The van der Waals surface area contributed by atoms with Crippen molar-refractivity contribution in [3.8, 4) is 5.88 Å².